The summed E-state index contributed by atoms with van der Waals surface area (Å²) >= 11 is 3.38. The summed E-state index contributed by atoms with van der Waals surface area (Å²) < 4.78 is 0. The Kier molecular flexibility index (Phi) is 4.68. The lowest BCUT2D eigenvalue weighted by Crippen LogP contribution is -2.31. The zero-order chi connectivity index (χ0) is 11.4. The summed E-state index contributed by atoms with van der Waals surface area (Å²) in [5.74, 6) is 2.95. The van der Waals surface area contributed by atoms with E-state index in [2.05, 4.69) is 21.2 Å². The summed E-state index contributed by atoms with van der Waals surface area (Å²) in [4.78, 5) is 11.6. The van der Waals surface area contributed by atoms with E-state index < -0.39 is 0 Å². The number of carbonyl (C=O) groups is 1. The van der Waals surface area contributed by atoms with E-state index in [1.165, 1.54) is 25.7 Å². The monoisotopic (exact) mass is 287 g/mol. The Morgan fingerprint density at radius 2 is 2.12 bits per heavy atom. The molecule has 3 atom stereocenters. The maximum absolute atomic E-state index is 11.6. The third-order valence-electron chi connectivity index (χ3n) is 4.23. The van der Waals surface area contributed by atoms with Crippen LogP contribution in [0.15, 0.2) is 0 Å². The Morgan fingerprint density at radius 3 is 2.75 bits per heavy atom. The van der Waals surface area contributed by atoms with Crippen LogP contribution in [0.4, 0.5) is 0 Å². The fourth-order valence-corrected chi connectivity index (χ4v) is 3.74. The van der Waals surface area contributed by atoms with Gasteiger partial charge in [0, 0.05) is 18.3 Å². The van der Waals surface area contributed by atoms with Crippen LogP contribution >= 0.6 is 15.9 Å². The molecular formula is C13H22BrNO. The lowest BCUT2D eigenvalue weighted by Gasteiger charge is -2.21. The zero-order valence-electron chi connectivity index (χ0n) is 9.88. The molecule has 3 heteroatoms. The van der Waals surface area contributed by atoms with Crippen LogP contribution in [0.2, 0.25) is 0 Å². The van der Waals surface area contributed by atoms with Crippen molar-refractivity contribution >= 4 is 21.8 Å². The normalized spacial score (nSPS) is 31.9. The van der Waals surface area contributed by atoms with Crippen molar-refractivity contribution in [3.05, 3.63) is 0 Å². The van der Waals surface area contributed by atoms with Gasteiger partial charge in [0.15, 0.2) is 0 Å². The first-order valence-corrected chi connectivity index (χ1v) is 7.74. The van der Waals surface area contributed by atoms with Gasteiger partial charge in [-0.15, -0.1) is 0 Å². The SMILES string of the molecule is O=C(CCCCBr)NCC1CC2CCC1C2. The maximum Gasteiger partial charge on any atom is 0.220 e. The number of unbranched alkanes of at least 4 members (excludes halogenated alkanes) is 1. The zero-order valence-corrected chi connectivity index (χ0v) is 11.5. The van der Waals surface area contributed by atoms with Crippen LogP contribution in [0.1, 0.15) is 44.9 Å². The summed E-state index contributed by atoms with van der Waals surface area (Å²) in [5.41, 5.74) is 0. The summed E-state index contributed by atoms with van der Waals surface area (Å²) in [5, 5.41) is 4.12. The van der Waals surface area contributed by atoms with Gasteiger partial charge in [-0.25, -0.2) is 0 Å². The molecule has 2 nitrogen and oxygen atoms in total. The highest BCUT2D eigenvalue weighted by molar-refractivity contribution is 9.09. The van der Waals surface area contributed by atoms with Crippen LogP contribution < -0.4 is 5.32 Å². The molecule has 0 aliphatic heterocycles. The Labute approximate surface area is 107 Å². The molecule has 16 heavy (non-hydrogen) atoms. The number of fused-ring (bicyclic) bond motifs is 2. The first kappa shape index (κ1) is 12.4. The number of amides is 1. The smallest absolute Gasteiger partial charge is 0.220 e. The molecule has 2 rings (SSSR count). The average Bonchev–Trinajstić information content (AvgIpc) is 2.88. The van der Waals surface area contributed by atoms with Crippen molar-refractivity contribution in [2.45, 2.75) is 44.9 Å². The first-order valence-electron chi connectivity index (χ1n) is 6.62. The molecule has 0 saturated heterocycles. The van der Waals surface area contributed by atoms with Gasteiger partial charge >= 0.3 is 0 Å². The molecule has 92 valence electrons. The van der Waals surface area contributed by atoms with Gasteiger partial charge in [0.2, 0.25) is 5.91 Å². The minimum Gasteiger partial charge on any atom is -0.356 e. The molecule has 0 heterocycles. The van der Waals surface area contributed by atoms with E-state index in [9.17, 15) is 4.79 Å². The fourth-order valence-electron chi connectivity index (χ4n) is 3.34. The van der Waals surface area contributed by atoms with Gasteiger partial charge in [-0.2, -0.15) is 0 Å². The third kappa shape index (κ3) is 3.22. The molecule has 0 spiro atoms. The number of nitrogens with one attached hydrogen (secondary N) is 1. The standard InChI is InChI=1S/C13H22BrNO/c14-6-2-1-3-13(16)15-9-12-8-10-4-5-11(12)7-10/h10-12H,1-9H2,(H,15,16). The second kappa shape index (κ2) is 6.04. The quantitative estimate of drug-likeness (QED) is 0.590. The summed E-state index contributed by atoms with van der Waals surface area (Å²) in [6.45, 7) is 0.939. The van der Waals surface area contributed by atoms with Crippen molar-refractivity contribution in [3.8, 4) is 0 Å². The summed E-state index contributed by atoms with van der Waals surface area (Å²) in [6.07, 6.45) is 8.47. The highest BCUT2D eigenvalue weighted by Crippen LogP contribution is 2.47. The van der Waals surface area contributed by atoms with E-state index in [1.54, 1.807) is 0 Å². The van der Waals surface area contributed by atoms with E-state index in [0.29, 0.717) is 6.42 Å². The van der Waals surface area contributed by atoms with Gasteiger partial charge in [-0.05, 0) is 49.9 Å². The Hall–Kier alpha value is -0.0500. The maximum atomic E-state index is 11.6. The predicted octanol–water partition coefficient (Wildman–Crippen LogP) is 3.10. The van der Waals surface area contributed by atoms with Crippen molar-refractivity contribution in [1.82, 2.24) is 5.32 Å². The number of hydrogen-bond donors (Lipinski definition) is 1. The second-order valence-electron chi connectivity index (χ2n) is 5.39. The minimum atomic E-state index is 0.253. The molecule has 1 N–H and O–H groups in total. The highest BCUT2D eigenvalue weighted by Gasteiger charge is 2.39. The lowest BCUT2D eigenvalue weighted by atomic mass is 9.89. The van der Waals surface area contributed by atoms with Crippen LogP contribution in [0.5, 0.6) is 0 Å². The minimum absolute atomic E-state index is 0.253. The Morgan fingerprint density at radius 1 is 1.25 bits per heavy atom. The molecular weight excluding hydrogens is 266 g/mol. The molecule has 1 amide bonds. The van der Waals surface area contributed by atoms with Crippen molar-refractivity contribution in [2.24, 2.45) is 17.8 Å². The fraction of sp³-hybridized carbons (Fsp3) is 0.923. The molecule has 2 aliphatic rings. The van der Waals surface area contributed by atoms with Crippen LogP contribution in [0, 0.1) is 17.8 Å². The second-order valence-corrected chi connectivity index (χ2v) is 6.18. The van der Waals surface area contributed by atoms with Gasteiger partial charge in [0.25, 0.3) is 0 Å². The van der Waals surface area contributed by atoms with Gasteiger partial charge in [-0.1, -0.05) is 22.4 Å². The third-order valence-corrected chi connectivity index (χ3v) is 4.79. The van der Waals surface area contributed by atoms with E-state index >= 15 is 0 Å². The average molecular weight is 288 g/mol. The molecule has 0 radical (unpaired) electrons. The summed E-state index contributed by atoms with van der Waals surface area (Å²) in [6, 6.07) is 0. The summed E-state index contributed by atoms with van der Waals surface area (Å²) in [7, 11) is 0. The Bertz CT molecular complexity index is 244. The van der Waals surface area contributed by atoms with Crippen LogP contribution in [-0.4, -0.2) is 17.8 Å². The van der Waals surface area contributed by atoms with Gasteiger partial charge in [0.1, 0.15) is 0 Å². The van der Waals surface area contributed by atoms with E-state index in [0.717, 1.165) is 42.5 Å². The number of halogens is 1. The highest BCUT2D eigenvalue weighted by atomic mass is 79.9. The van der Waals surface area contributed by atoms with Crippen molar-refractivity contribution in [1.29, 1.82) is 0 Å². The molecule has 2 saturated carbocycles. The lowest BCUT2D eigenvalue weighted by molar-refractivity contribution is -0.121. The van der Waals surface area contributed by atoms with Gasteiger partial charge < -0.3 is 5.32 Å². The van der Waals surface area contributed by atoms with Crippen molar-refractivity contribution in [3.63, 3.8) is 0 Å². The largest absolute Gasteiger partial charge is 0.356 e. The van der Waals surface area contributed by atoms with E-state index in [1.807, 2.05) is 0 Å². The van der Waals surface area contributed by atoms with Gasteiger partial charge in [0.05, 0.1) is 0 Å². The van der Waals surface area contributed by atoms with E-state index in [4.69, 9.17) is 0 Å². The molecule has 2 bridgehead atoms. The molecule has 3 unspecified atom stereocenters. The Balaban J connectivity index is 1.59. The van der Waals surface area contributed by atoms with E-state index in [-0.39, 0.29) is 5.91 Å². The number of rotatable bonds is 6. The molecule has 0 aromatic heterocycles. The predicted molar refractivity (Wildman–Crippen MR) is 69.6 cm³/mol. The van der Waals surface area contributed by atoms with Crippen molar-refractivity contribution < 1.29 is 4.79 Å². The van der Waals surface area contributed by atoms with Gasteiger partial charge in [-0.3, -0.25) is 4.79 Å². The first-order chi connectivity index (χ1) is 7.79. The number of hydrogen-bond acceptors (Lipinski definition) is 1. The molecule has 0 aromatic carbocycles. The number of carbonyl (C=O) groups excluding carboxylic acids is 1. The molecule has 2 aliphatic carbocycles. The molecule has 2 fully saturated rings. The van der Waals surface area contributed by atoms with Crippen molar-refractivity contribution in [2.75, 3.05) is 11.9 Å². The van der Waals surface area contributed by atoms with Crippen LogP contribution in [-0.2, 0) is 4.79 Å². The number of alkyl halides is 1. The molecule has 0 aromatic rings. The van der Waals surface area contributed by atoms with Crippen LogP contribution in [0.25, 0.3) is 0 Å². The topological polar surface area (TPSA) is 29.1 Å². The van der Waals surface area contributed by atoms with Crippen LogP contribution in [0.3, 0.4) is 0 Å².